The summed E-state index contributed by atoms with van der Waals surface area (Å²) in [5, 5.41) is 0.0485. The average Bonchev–Trinajstić information content (AvgIpc) is 1.97. The summed E-state index contributed by atoms with van der Waals surface area (Å²) in [7, 11) is 0. The third-order valence-corrected chi connectivity index (χ3v) is 1.28. The maximum absolute atomic E-state index is 5.81. The normalized spacial score (nSPS) is 11.9. The maximum atomic E-state index is 5.81. The summed E-state index contributed by atoms with van der Waals surface area (Å²) in [4.78, 5) is 0. The molecule has 1 atom stereocenters. The van der Waals surface area contributed by atoms with Gasteiger partial charge in [-0.15, -0.1) is 23.4 Å². The lowest BCUT2D eigenvalue weighted by Crippen LogP contribution is -2.07. The standard InChI is InChI=1S/C8H13ClO/c1-3-5-6-8(9)7-10-4-2/h8H,4,6-7H2,1-2H3. The van der Waals surface area contributed by atoms with Crippen LogP contribution in [0.1, 0.15) is 20.3 Å². The Morgan fingerprint density at radius 2 is 2.30 bits per heavy atom. The highest BCUT2D eigenvalue weighted by molar-refractivity contribution is 6.20. The summed E-state index contributed by atoms with van der Waals surface area (Å²) in [5.74, 6) is 5.68. The lowest BCUT2D eigenvalue weighted by Gasteiger charge is -2.03. The van der Waals surface area contributed by atoms with Crippen molar-refractivity contribution in [2.45, 2.75) is 25.6 Å². The second-order valence-electron chi connectivity index (χ2n) is 1.89. The maximum Gasteiger partial charge on any atom is 0.0678 e. The third-order valence-electron chi connectivity index (χ3n) is 1.00. The van der Waals surface area contributed by atoms with Crippen LogP contribution in [0.4, 0.5) is 0 Å². The lowest BCUT2D eigenvalue weighted by molar-refractivity contribution is 0.148. The van der Waals surface area contributed by atoms with Gasteiger partial charge in [0.2, 0.25) is 0 Å². The molecule has 0 aromatic rings. The first-order valence-corrected chi connectivity index (χ1v) is 3.86. The Morgan fingerprint density at radius 3 is 2.80 bits per heavy atom. The van der Waals surface area contributed by atoms with Crippen molar-refractivity contribution >= 4 is 11.6 Å². The van der Waals surface area contributed by atoms with Crippen LogP contribution in [0.15, 0.2) is 0 Å². The van der Waals surface area contributed by atoms with E-state index in [-0.39, 0.29) is 5.38 Å². The molecular weight excluding hydrogens is 148 g/mol. The zero-order valence-corrected chi connectivity index (χ0v) is 7.24. The monoisotopic (exact) mass is 160 g/mol. The second kappa shape index (κ2) is 6.92. The molecule has 0 fully saturated rings. The molecule has 0 spiro atoms. The summed E-state index contributed by atoms with van der Waals surface area (Å²) < 4.78 is 5.09. The molecule has 0 rings (SSSR count). The number of halogens is 1. The highest BCUT2D eigenvalue weighted by atomic mass is 35.5. The van der Waals surface area contributed by atoms with E-state index in [1.165, 1.54) is 0 Å². The van der Waals surface area contributed by atoms with Crippen LogP contribution in [-0.2, 0) is 4.74 Å². The first kappa shape index (κ1) is 9.81. The van der Waals surface area contributed by atoms with Crippen molar-refractivity contribution in [3.05, 3.63) is 0 Å². The smallest absolute Gasteiger partial charge is 0.0678 e. The Labute approximate surface area is 67.7 Å². The highest BCUT2D eigenvalue weighted by Crippen LogP contribution is 2.00. The molecule has 0 saturated heterocycles. The Kier molecular flexibility index (Phi) is 6.79. The van der Waals surface area contributed by atoms with Gasteiger partial charge in [0.05, 0.1) is 12.0 Å². The average molecular weight is 161 g/mol. The molecule has 0 aliphatic carbocycles. The Hall–Kier alpha value is -0.190. The molecule has 0 heterocycles. The van der Waals surface area contributed by atoms with Crippen LogP contribution >= 0.6 is 11.6 Å². The predicted molar refractivity (Wildman–Crippen MR) is 44.2 cm³/mol. The van der Waals surface area contributed by atoms with Gasteiger partial charge in [-0.2, -0.15) is 0 Å². The lowest BCUT2D eigenvalue weighted by atomic mass is 10.3. The molecule has 0 bridgehead atoms. The van der Waals surface area contributed by atoms with Gasteiger partial charge in [-0.3, -0.25) is 0 Å². The van der Waals surface area contributed by atoms with Crippen molar-refractivity contribution in [3.63, 3.8) is 0 Å². The van der Waals surface area contributed by atoms with E-state index in [1.807, 2.05) is 13.8 Å². The summed E-state index contributed by atoms with van der Waals surface area (Å²) in [6.45, 7) is 5.09. The van der Waals surface area contributed by atoms with E-state index < -0.39 is 0 Å². The van der Waals surface area contributed by atoms with Crippen LogP contribution in [0, 0.1) is 11.8 Å². The van der Waals surface area contributed by atoms with E-state index in [2.05, 4.69) is 11.8 Å². The molecule has 0 aromatic carbocycles. The van der Waals surface area contributed by atoms with E-state index in [0.717, 1.165) is 13.0 Å². The molecule has 0 saturated carbocycles. The summed E-state index contributed by atoms with van der Waals surface area (Å²) in [6, 6.07) is 0. The molecule has 0 amide bonds. The molecule has 10 heavy (non-hydrogen) atoms. The van der Waals surface area contributed by atoms with Gasteiger partial charge >= 0.3 is 0 Å². The molecule has 0 aromatic heterocycles. The quantitative estimate of drug-likeness (QED) is 0.452. The van der Waals surface area contributed by atoms with Crippen LogP contribution in [-0.4, -0.2) is 18.6 Å². The van der Waals surface area contributed by atoms with Gasteiger partial charge in [0.25, 0.3) is 0 Å². The van der Waals surface area contributed by atoms with Crippen LogP contribution in [0.5, 0.6) is 0 Å². The van der Waals surface area contributed by atoms with Crippen LogP contribution < -0.4 is 0 Å². The fourth-order valence-electron chi connectivity index (χ4n) is 0.517. The van der Waals surface area contributed by atoms with Crippen molar-refractivity contribution in [1.29, 1.82) is 0 Å². The number of alkyl halides is 1. The first-order chi connectivity index (χ1) is 4.81. The molecular formula is C8H13ClO. The number of hydrogen-bond donors (Lipinski definition) is 0. The molecule has 1 nitrogen and oxygen atoms in total. The number of hydrogen-bond acceptors (Lipinski definition) is 1. The number of ether oxygens (including phenoxy) is 1. The minimum absolute atomic E-state index is 0.0485. The van der Waals surface area contributed by atoms with Crippen LogP contribution in [0.25, 0.3) is 0 Å². The van der Waals surface area contributed by atoms with Gasteiger partial charge in [-0.1, -0.05) is 0 Å². The second-order valence-corrected chi connectivity index (χ2v) is 2.50. The number of rotatable bonds is 4. The fraction of sp³-hybridized carbons (Fsp3) is 0.750. The summed E-state index contributed by atoms with van der Waals surface area (Å²) >= 11 is 5.81. The van der Waals surface area contributed by atoms with Gasteiger partial charge < -0.3 is 4.74 Å². The largest absolute Gasteiger partial charge is 0.380 e. The Bertz CT molecular complexity index is 123. The van der Waals surface area contributed by atoms with Gasteiger partial charge in [0, 0.05) is 13.0 Å². The molecule has 2 heteroatoms. The van der Waals surface area contributed by atoms with E-state index >= 15 is 0 Å². The van der Waals surface area contributed by atoms with Crippen molar-refractivity contribution in [2.75, 3.05) is 13.2 Å². The SMILES string of the molecule is CC#CCC(Cl)COCC. The van der Waals surface area contributed by atoms with Crippen molar-refractivity contribution in [3.8, 4) is 11.8 Å². The van der Waals surface area contributed by atoms with Crippen LogP contribution in [0.2, 0.25) is 0 Å². The van der Waals surface area contributed by atoms with Crippen molar-refractivity contribution < 1.29 is 4.74 Å². The molecule has 0 radical (unpaired) electrons. The molecule has 1 unspecified atom stereocenters. The highest BCUT2D eigenvalue weighted by Gasteiger charge is 1.99. The summed E-state index contributed by atoms with van der Waals surface area (Å²) in [5.41, 5.74) is 0. The zero-order chi connectivity index (χ0) is 7.82. The van der Waals surface area contributed by atoms with E-state index in [4.69, 9.17) is 16.3 Å². The first-order valence-electron chi connectivity index (χ1n) is 3.42. The van der Waals surface area contributed by atoms with Gasteiger partial charge in [-0.25, -0.2) is 0 Å². The molecule has 0 N–H and O–H groups in total. The molecule has 0 aliphatic rings. The fourth-order valence-corrected chi connectivity index (χ4v) is 0.684. The van der Waals surface area contributed by atoms with Crippen molar-refractivity contribution in [2.24, 2.45) is 0 Å². The van der Waals surface area contributed by atoms with Gasteiger partial charge in [0.1, 0.15) is 0 Å². The summed E-state index contributed by atoms with van der Waals surface area (Å²) in [6.07, 6.45) is 0.720. The molecule has 0 aliphatic heterocycles. The minimum atomic E-state index is 0.0485. The van der Waals surface area contributed by atoms with Gasteiger partial charge in [-0.05, 0) is 13.8 Å². The van der Waals surface area contributed by atoms with Crippen LogP contribution in [0.3, 0.4) is 0 Å². The van der Waals surface area contributed by atoms with Gasteiger partial charge in [0.15, 0.2) is 0 Å². The van der Waals surface area contributed by atoms with E-state index in [1.54, 1.807) is 0 Å². The van der Waals surface area contributed by atoms with E-state index in [9.17, 15) is 0 Å². The van der Waals surface area contributed by atoms with Crippen molar-refractivity contribution in [1.82, 2.24) is 0 Å². The zero-order valence-electron chi connectivity index (χ0n) is 6.48. The van der Waals surface area contributed by atoms with E-state index in [0.29, 0.717) is 6.61 Å². The Balaban J connectivity index is 3.21. The third kappa shape index (κ3) is 5.94. The molecule has 58 valence electrons. The minimum Gasteiger partial charge on any atom is -0.380 e. The Morgan fingerprint density at radius 1 is 1.60 bits per heavy atom. The predicted octanol–water partition coefficient (Wildman–Crippen LogP) is 2.04. The topological polar surface area (TPSA) is 9.23 Å².